The van der Waals surface area contributed by atoms with E-state index in [0.29, 0.717) is 11.3 Å². The van der Waals surface area contributed by atoms with Crippen LogP contribution in [0.2, 0.25) is 0 Å². The highest BCUT2D eigenvalue weighted by Crippen LogP contribution is 2.19. The molecule has 1 amide bonds. The molecule has 124 valence electrons. The van der Waals surface area contributed by atoms with Crippen LogP contribution >= 0.6 is 12.4 Å². The summed E-state index contributed by atoms with van der Waals surface area (Å²) in [6.45, 7) is 1.73. The Morgan fingerprint density at radius 3 is 2.91 bits per heavy atom. The Balaban J connectivity index is 0.00000192. The second-order valence-corrected chi connectivity index (χ2v) is 5.39. The van der Waals surface area contributed by atoms with Gasteiger partial charge in [-0.1, -0.05) is 0 Å². The number of halogens is 1. The lowest BCUT2D eigenvalue weighted by Crippen LogP contribution is -2.40. The van der Waals surface area contributed by atoms with Gasteiger partial charge in [0.2, 0.25) is 0 Å². The average Bonchev–Trinajstić information content (AvgIpc) is 3.05. The van der Waals surface area contributed by atoms with Gasteiger partial charge in [-0.2, -0.15) is 0 Å². The molecule has 1 aliphatic heterocycles. The Morgan fingerprint density at radius 2 is 2.17 bits per heavy atom. The molecular weight excluding hydrogens is 320 g/mol. The maximum absolute atomic E-state index is 12.1. The third-order valence-corrected chi connectivity index (χ3v) is 3.93. The van der Waals surface area contributed by atoms with Crippen LogP contribution in [0.1, 0.15) is 6.42 Å². The molecule has 1 N–H and O–H groups in total. The molecule has 1 fully saturated rings. The average molecular weight is 339 g/mol. The molecule has 0 bridgehead atoms. The van der Waals surface area contributed by atoms with Gasteiger partial charge in [0.1, 0.15) is 11.3 Å². The van der Waals surface area contributed by atoms with Crippen LogP contribution in [-0.4, -0.2) is 43.6 Å². The number of nitrogens with one attached hydrogen (secondary N) is 1. The molecule has 0 saturated carbocycles. The van der Waals surface area contributed by atoms with Gasteiger partial charge in [-0.25, -0.2) is 4.79 Å². The van der Waals surface area contributed by atoms with Gasteiger partial charge in [-0.15, -0.1) is 12.4 Å². The highest BCUT2D eigenvalue weighted by Gasteiger charge is 2.23. The minimum absolute atomic E-state index is 0. The van der Waals surface area contributed by atoms with Crippen LogP contribution in [0.4, 0.5) is 0 Å². The summed E-state index contributed by atoms with van der Waals surface area (Å²) in [5.74, 6) is 0.441. The van der Waals surface area contributed by atoms with Crippen LogP contribution in [0.25, 0.3) is 11.0 Å². The standard InChI is InChI=1S/C16H18N2O4.ClH/c1-18(12-6-7-17-9-12)15(19)10-21-13-4-2-11-3-5-16(20)22-14(11)8-13;/h2-5,8,12,17H,6-7,9-10H2,1H3;1H. The Kier molecular flexibility index (Phi) is 5.63. The summed E-state index contributed by atoms with van der Waals surface area (Å²) < 4.78 is 10.6. The fraction of sp³-hybridized carbons (Fsp3) is 0.375. The highest BCUT2D eigenvalue weighted by molar-refractivity contribution is 5.85. The van der Waals surface area contributed by atoms with Crippen molar-refractivity contribution >= 4 is 29.3 Å². The maximum Gasteiger partial charge on any atom is 0.336 e. The molecule has 0 spiro atoms. The summed E-state index contributed by atoms with van der Waals surface area (Å²) in [7, 11) is 1.79. The number of carbonyl (C=O) groups excluding carboxylic acids is 1. The number of fused-ring (bicyclic) bond motifs is 1. The summed E-state index contributed by atoms with van der Waals surface area (Å²) in [5, 5.41) is 4.04. The van der Waals surface area contributed by atoms with Gasteiger partial charge < -0.3 is 19.4 Å². The lowest BCUT2D eigenvalue weighted by atomic mass is 10.2. The van der Waals surface area contributed by atoms with Crippen molar-refractivity contribution in [1.82, 2.24) is 10.2 Å². The zero-order chi connectivity index (χ0) is 15.5. The van der Waals surface area contributed by atoms with Crippen molar-refractivity contribution in [3.8, 4) is 5.75 Å². The first kappa shape index (κ1) is 17.3. The fourth-order valence-corrected chi connectivity index (χ4v) is 2.55. The van der Waals surface area contributed by atoms with E-state index < -0.39 is 5.63 Å². The third-order valence-electron chi connectivity index (χ3n) is 3.93. The van der Waals surface area contributed by atoms with E-state index in [1.54, 1.807) is 36.2 Å². The van der Waals surface area contributed by atoms with Gasteiger partial charge in [0.15, 0.2) is 6.61 Å². The SMILES string of the molecule is CN(C(=O)COc1ccc2ccc(=O)oc2c1)C1CCNC1.Cl. The highest BCUT2D eigenvalue weighted by atomic mass is 35.5. The summed E-state index contributed by atoms with van der Waals surface area (Å²) in [6.07, 6.45) is 0.962. The summed E-state index contributed by atoms with van der Waals surface area (Å²) in [5.41, 5.74) is 0.0417. The van der Waals surface area contributed by atoms with Crippen molar-refractivity contribution in [1.29, 1.82) is 0 Å². The van der Waals surface area contributed by atoms with E-state index in [4.69, 9.17) is 9.15 Å². The van der Waals surface area contributed by atoms with Crippen molar-refractivity contribution in [3.63, 3.8) is 0 Å². The van der Waals surface area contributed by atoms with Crippen molar-refractivity contribution in [3.05, 3.63) is 40.8 Å². The number of amides is 1. The fourth-order valence-electron chi connectivity index (χ4n) is 2.55. The molecule has 1 atom stereocenters. The first-order valence-electron chi connectivity index (χ1n) is 7.26. The van der Waals surface area contributed by atoms with Gasteiger partial charge in [0, 0.05) is 37.2 Å². The molecule has 1 aromatic heterocycles. The van der Waals surface area contributed by atoms with Crippen molar-refractivity contribution in [2.75, 3.05) is 26.7 Å². The maximum atomic E-state index is 12.1. The minimum Gasteiger partial charge on any atom is -0.484 e. The van der Waals surface area contributed by atoms with E-state index in [9.17, 15) is 9.59 Å². The molecule has 2 heterocycles. The van der Waals surface area contributed by atoms with E-state index in [-0.39, 0.29) is 31.0 Å². The first-order chi connectivity index (χ1) is 10.6. The number of ether oxygens (including phenoxy) is 1. The number of hydrogen-bond donors (Lipinski definition) is 1. The smallest absolute Gasteiger partial charge is 0.336 e. The molecular formula is C16H19ClN2O4. The quantitative estimate of drug-likeness (QED) is 0.853. The first-order valence-corrected chi connectivity index (χ1v) is 7.26. The van der Waals surface area contributed by atoms with Gasteiger partial charge in [0.05, 0.1) is 0 Å². The predicted octanol–water partition coefficient (Wildman–Crippen LogP) is 1.41. The zero-order valence-electron chi connectivity index (χ0n) is 12.8. The Bertz CT molecular complexity index is 740. The lowest BCUT2D eigenvalue weighted by molar-refractivity contribution is -0.133. The number of nitrogens with zero attached hydrogens (tertiary/aromatic N) is 1. The van der Waals surface area contributed by atoms with Crippen LogP contribution in [0.5, 0.6) is 5.75 Å². The van der Waals surface area contributed by atoms with E-state index in [2.05, 4.69) is 5.32 Å². The van der Waals surface area contributed by atoms with E-state index in [0.717, 1.165) is 24.9 Å². The van der Waals surface area contributed by atoms with Gasteiger partial charge in [-0.3, -0.25) is 4.79 Å². The monoisotopic (exact) mass is 338 g/mol. The third kappa shape index (κ3) is 4.03. The lowest BCUT2D eigenvalue weighted by Gasteiger charge is -2.23. The molecule has 0 radical (unpaired) electrons. The molecule has 23 heavy (non-hydrogen) atoms. The van der Waals surface area contributed by atoms with Crippen LogP contribution in [0, 0.1) is 0 Å². The van der Waals surface area contributed by atoms with Crippen LogP contribution in [0.3, 0.4) is 0 Å². The summed E-state index contributed by atoms with van der Waals surface area (Å²) in [4.78, 5) is 25.1. The summed E-state index contributed by atoms with van der Waals surface area (Å²) >= 11 is 0. The molecule has 6 nitrogen and oxygen atoms in total. The number of benzene rings is 1. The molecule has 1 unspecified atom stereocenters. The molecule has 1 aromatic carbocycles. The second-order valence-electron chi connectivity index (χ2n) is 5.39. The predicted molar refractivity (Wildman–Crippen MR) is 89.3 cm³/mol. The van der Waals surface area contributed by atoms with Gasteiger partial charge >= 0.3 is 5.63 Å². The molecule has 2 aromatic rings. The topological polar surface area (TPSA) is 71.8 Å². The van der Waals surface area contributed by atoms with Gasteiger partial charge in [-0.05, 0) is 31.2 Å². The Hall–Kier alpha value is -2.05. The molecule has 7 heteroatoms. The van der Waals surface area contributed by atoms with Crippen LogP contribution in [-0.2, 0) is 4.79 Å². The molecule has 1 aliphatic rings. The Morgan fingerprint density at radius 1 is 1.39 bits per heavy atom. The largest absolute Gasteiger partial charge is 0.484 e. The minimum atomic E-state index is -0.408. The normalized spacial score (nSPS) is 16.8. The number of hydrogen-bond acceptors (Lipinski definition) is 5. The van der Waals surface area contributed by atoms with Crippen molar-refractivity contribution in [2.24, 2.45) is 0 Å². The molecule has 0 aliphatic carbocycles. The van der Waals surface area contributed by atoms with Crippen LogP contribution < -0.4 is 15.7 Å². The van der Waals surface area contributed by atoms with Crippen molar-refractivity contribution < 1.29 is 13.9 Å². The van der Waals surface area contributed by atoms with Crippen LogP contribution in [0.15, 0.2) is 39.5 Å². The van der Waals surface area contributed by atoms with E-state index in [1.165, 1.54) is 6.07 Å². The van der Waals surface area contributed by atoms with E-state index in [1.807, 2.05) is 0 Å². The Labute approximate surface area is 139 Å². The number of rotatable bonds is 4. The zero-order valence-corrected chi connectivity index (χ0v) is 13.6. The number of likely N-dealkylation sites (N-methyl/N-ethyl adjacent to an activating group) is 1. The number of carbonyl (C=O) groups is 1. The van der Waals surface area contributed by atoms with Gasteiger partial charge in [0.25, 0.3) is 5.91 Å². The summed E-state index contributed by atoms with van der Waals surface area (Å²) in [6, 6.07) is 8.47. The molecule has 3 rings (SSSR count). The molecule has 1 saturated heterocycles. The van der Waals surface area contributed by atoms with Crippen molar-refractivity contribution in [2.45, 2.75) is 12.5 Å². The van der Waals surface area contributed by atoms with E-state index >= 15 is 0 Å². The second kappa shape index (κ2) is 7.48.